The zero-order valence-corrected chi connectivity index (χ0v) is 5.74. The van der Waals surface area contributed by atoms with Crippen molar-refractivity contribution in [2.45, 2.75) is 13.5 Å². The van der Waals surface area contributed by atoms with Crippen LogP contribution >= 0.6 is 0 Å². The van der Waals surface area contributed by atoms with E-state index in [0.717, 1.165) is 0 Å². The van der Waals surface area contributed by atoms with Crippen LogP contribution in [0.5, 0.6) is 0 Å². The van der Waals surface area contributed by atoms with Gasteiger partial charge in [0, 0.05) is 12.7 Å². The third-order valence-corrected chi connectivity index (χ3v) is 1.27. The maximum absolute atomic E-state index is 10.6. The number of carbonyl (C=O) groups is 1. The zero-order valence-electron chi connectivity index (χ0n) is 5.74. The van der Waals surface area contributed by atoms with Gasteiger partial charge in [0.1, 0.15) is 5.69 Å². The summed E-state index contributed by atoms with van der Waals surface area (Å²) < 4.78 is 1.56. The molecule has 0 bridgehead atoms. The highest BCUT2D eigenvalue weighted by Gasteiger charge is 2.04. The fourth-order valence-electron chi connectivity index (χ4n) is 0.794. The summed E-state index contributed by atoms with van der Waals surface area (Å²) in [6.07, 6.45) is 1.56. The highest BCUT2D eigenvalue weighted by molar-refractivity contribution is 5.90. The van der Waals surface area contributed by atoms with Crippen molar-refractivity contribution in [3.63, 3.8) is 0 Å². The first-order valence-corrected chi connectivity index (χ1v) is 3.07. The number of rotatable bonds is 2. The quantitative estimate of drug-likeness (QED) is 0.627. The number of amides is 1. The van der Waals surface area contributed by atoms with Crippen LogP contribution in [0.4, 0.5) is 0 Å². The number of aryl methyl sites for hydroxylation is 1. The van der Waals surface area contributed by atoms with Crippen molar-refractivity contribution in [1.82, 2.24) is 9.78 Å². The third-order valence-electron chi connectivity index (χ3n) is 1.27. The minimum atomic E-state index is -0.431. The molecule has 0 aliphatic carbocycles. The first-order valence-electron chi connectivity index (χ1n) is 3.07. The van der Waals surface area contributed by atoms with Gasteiger partial charge in [0.2, 0.25) is 0 Å². The van der Waals surface area contributed by atoms with E-state index in [2.05, 4.69) is 5.10 Å². The molecular weight excluding hydrogens is 130 g/mol. The van der Waals surface area contributed by atoms with E-state index in [4.69, 9.17) is 5.73 Å². The van der Waals surface area contributed by atoms with Crippen LogP contribution in [0.3, 0.4) is 0 Å². The predicted octanol–water partition coefficient (Wildman–Crippen LogP) is 0.00190. The molecule has 1 heterocycles. The molecule has 0 aliphatic heterocycles. The molecule has 1 aromatic heterocycles. The predicted molar refractivity (Wildman–Crippen MR) is 36.4 cm³/mol. The molecule has 0 atom stereocenters. The van der Waals surface area contributed by atoms with Gasteiger partial charge in [0.25, 0.3) is 5.91 Å². The van der Waals surface area contributed by atoms with Gasteiger partial charge < -0.3 is 5.73 Å². The van der Waals surface area contributed by atoms with Crippen molar-refractivity contribution in [2.24, 2.45) is 5.73 Å². The molecule has 0 aromatic carbocycles. The first-order chi connectivity index (χ1) is 4.75. The lowest BCUT2D eigenvalue weighted by Crippen LogP contribution is -2.16. The van der Waals surface area contributed by atoms with E-state index >= 15 is 0 Å². The van der Waals surface area contributed by atoms with Crippen LogP contribution in [0, 0.1) is 0 Å². The summed E-state index contributed by atoms with van der Waals surface area (Å²) in [7, 11) is 0. The van der Waals surface area contributed by atoms with Crippen molar-refractivity contribution in [3.8, 4) is 0 Å². The van der Waals surface area contributed by atoms with Gasteiger partial charge in [-0.15, -0.1) is 0 Å². The molecule has 54 valence electrons. The van der Waals surface area contributed by atoms with E-state index in [1.807, 2.05) is 6.92 Å². The lowest BCUT2D eigenvalue weighted by Gasteiger charge is -1.97. The first kappa shape index (κ1) is 6.80. The molecule has 1 amide bonds. The Morgan fingerprint density at radius 3 is 3.00 bits per heavy atom. The Balaban J connectivity index is 3.01. The summed E-state index contributed by atoms with van der Waals surface area (Å²) in [4.78, 5) is 10.6. The second-order valence-electron chi connectivity index (χ2n) is 1.90. The number of aromatic nitrogens is 2. The molecule has 0 saturated carbocycles. The second-order valence-corrected chi connectivity index (χ2v) is 1.90. The molecule has 0 saturated heterocycles. The van der Waals surface area contributed by atoms with Crippen molar-refractivity contribution in [1.29, 1.82) is 0 Å². The minimum Gasteiger partial charge on any atom is -0.364 e. The van der Waals surface area contributed by atoms with Gasteiger partial charge in [-0.25, -0.2) is 0 Å². The zero-order chi connectivity index (χ0) is 7.56. The molecule has 0 fully saturated rings. The fourth-order valence-corrected chi connectivity index (χ4v) is 0.794. The highest BCUT2D eigenvalue weighted by atomic mass is 16.1. The van der Waals surface area contributed by atoms with Crippen LogP contribution in [0.2, 0.25) is 0 Å². The van der Waals surface area contributed by atoms with Crippen LogP contribution in [0.1, 0.15) is 17.4 Å². The molecule has 1 rings (SSSR count). The Kier molecular flexibility index (Phi) is 1.71. The van der Waals surface area contributed by atoms with Gasteiger partial charge in [-0.2, -0.15) is 5.10 Å². The maximum Gasteiger partial charge on any atom is 0.266 e. The number of carbonyl (C=O) groups excluding carboxylic acids is 1. The van der Waals surface area contributed by atoms with Gasteiger partial charge >= 0.3 is 0 Å². The minimum absolute atomic E-state index is 0.431. The molecule has 4 nitrogen and oxygen atoms in total. The molecule has 2 N–H and O–H groups in total. The average Bonchev–Trinajstić information content (AvgIpc) is 2.33. The second kappa shape index (κ2) is 2.51. The largest absolute Gasteiger partial charge is 0.364 e. The molecule has 0 spiro atoms. The number of nitrogens with two attached hydrogens (primary N) is 1. The van der Waals surface area contributed by atoms with E-state index in [1.165, 1.54) is 0 Å². The normalized spacial score (nSPS) is 9.70. The monoisotopic (exact) mass is 139 g/mol. The van der Waals surface area contributed by atoms with Crippen LogP contribution < -0.4 is 5.73 Å². The Morgan fingerprint density at radius 1 is 1.90 bits per heavy atom. The summed E-state index contributed by atoms with van der Waals surface area (Å²) in [5.41, 5.74) is 5.50. The Morgan fingerprint density at radius 2 is 2.60 bits per heavy atom. The lowest BCUT2D eigenvalue weighted by atomic mass is 10.4. The molecular formula is C6H9N3O. The maximum atomic E-state index is 10.6. The Labute approximate surface area is 58.6 Å². The van der Waals surface area contributed by atoms with E-state index in [1.54, 1.807) is 16.9 Å². The van der Waals surface area contributed by atoms with E-state index in [-0.39, 0.29) is 0 Å². The van der Waals surface area contributed by atoms with Gasteiger partial charge in [0.15, 0.2) is 0 Å². The van der Waals surface area contributed by atoms with Crippen LogP contribution in [-0.4, -0.2) is 15.7 Å². The third kappa shape index (κ3) is 1.00. The van der Waals surface area contributed by atoms with Crippen molar-refractivity contribution >= 4 is 5.91 Å². The lowest BCUT2D eigenvalue weighted by molar-refractivity contribution is 0.0990. The standard InChI is InChI=1S/C6H9N3O/c1-2-9-5(6(7)10)3-4-8-9/h3-4H,2H2,1H3,(H2,7,10). The van der Waals surface area contributed by atoms with E-state index in [9.17, 15) is 4.79 Å². The molecule has 0 radical (unpaired) electrons. The average molecular weight is 139 g/mol. The van der Waals surface area contributed by atoms with Gasteiger partial charge in [-0.1, -0.05) is 0 Å². The number of hydrogen-bond acceptors (Lipinski definition) is 2. The van der Waals surface area contributed by atoms with E-state index < -0.39 is 5.91 Å². The summed E-state index contributed by atoms with van der Waals surface area (Å²) in [6, 6.07) is 1.60. The SMILES string of the molecule is CCn1nccc1C(N)=O. The van der Waals surface area contributed by atoms with Gasteiger partial charge in [0.05, 0.1) is 0 Å². The molecule has 1 aromatic rings. The van der Waals surface area contributed by atoms with Crippen molar-refractivity contribution in [3.05, 3.63) is 18.0 Å². The topological polar surface area (TPSA) is 60.9 Å². The van der Waals surface area contributed by atoms with Crippen molar-refractivity contribution in [2.75, 3.05) is 0 Å². The molecule has 10 heavy (non-hydrogen) atoms. The molecule has 0 unspecified atom stereocenters. The van der Waals surface area contributed by atoms with Crippen molar-refractivity contribution < 1.29 is 4.79 Å². The number of hydrogen-bond donors (Lipinski definition) is 1. The molecule has 4 heteroatoms. The Hall–Kier alpha value is -1.32. The summed E-state index contributed by atoms with van der Waals surface area (Å²) in [6.45, 7) is 2.57. The Bertz CT molecular complexity index is 241. The van der Waals surface area contributed by atoms with Gasteiger partial charge in [-0.05, 0) is 13.0 Å². The highest BCUT2D eigenvalue weighted by Crippen LogP contribution is 1.95. The number of primary amides is 1. The fraction of sp³-hybridized carbons (Fsp3) is 0.333. The van der Waals surface area contributed by atoms with Gasteiger partial charge in [-0.3, -0.25) is 9.48 Å². The molecule has 0 aliphatic rings. The smallest absolute Gasteiger partial charge is 0.266 e. The van der Waals surface area contributed by atoms with Crippen LogP contribution in [0.25, 0.3) is 0 Å². The van der Waals surface area contributed by atoms with Crippen LogP contribution in [0.15, 0.2) is 12.3 Å². The number of nitrogens with zero attached hydrogens (tertiary/aromatic N) is 2. The summed E-state index contributed by atoms with van der Waals surface area (Å²) in [5.74, 6) is -0.431. The van der Waals surface area contributed by atoms with Crippen LogP contribution in [-0.2, 0) is 6.54 Å². The summed E-state index contributed by atoms with van der Waals surface area (Å²) in [5, 5.41) is 3.87. The summed E-state index contributed by atoms with van der Waals surface area (Å²) >= 11 is 0. The van der Waals surface area contributed by atoms with E-state index in [0.29, 0.717) is 12.2 Å².